The molecule has 1 aliphatic carbocycles. The zero-order chi connectivity index (χ0) is 13.1. The van der Waals surface area contributed by atoms with Crippen molar-refractivity contribution in [2.75, 3.05) is 5.75 Å². The van der Waals surface area contributed by atoms with Crippen LogP contribution >= 0.6 is 11.8 Å². The predicted octanol–water partition coefficient (Wildman–Crippen LogP) is 2.62. The number of nitrogens with one attached hydrogen (secondary N) is 1. The molecule has 1 aromatic heterocycles. The average molecular weight is 277 g/mol. The highest BCUT2D eigenvalue weighted by Gasteiger charge is 2.34. The van der Waals surface area contributed by atoms with Crippen LogP contribution in [0.1, 0.15) is 49.3 Å². The zero-order valence-corrected chi connectivity index (χ0v) is 12.2. The van der Waals surface area contributed by atoms with Gasteiger partial charge in [0.15, 0.2) is 0 Å². The van der Waals surface area contributed by atoms with Crippen LogP contribution in [0.25, 0.3) is 0 Å². The van der Waals surface area contributed by atoms with Crippen molar-refractivity contribution in [1.82, 2.24) is 10.4 Å². The van der Waals surface area contributed by atoms with E-state index in [2.05, 4.69) is 34.3 Å². The molecule has 0 bridgehead atoms. The number of aromatic nitrogens is 1. The molecule has 3 N–H and O–H groups in total. The van der Waals surface area contributed by atoms with Gasteiger partial charge in [0, 0.05) is 29.1 Å². The van der Waals surface area contributed by atoms with Gasteiger partial charge >= 0.3 is 0 Å². The largest absolute Gasteiger partial charge is 0.271 e. The van der Waals surface area contributed by atoms with E-state index < -0.39 is 0 Å². The topological polar surface area (TPSA) is 50.9 Å². The van der Waals surface area contributed by atoms with Crippen LogP contribution in [0.15, 0.2) is 18.3 Å². The van der Waals surface area contributed by atoms with Gasteiger partial charge in [0.05, 0.1) is 0 Å². The van der Waals surface area contributed by atoms with Crippen molar-refractivity contribution in [3.8, 4) is 0 Å². The van der Waals surface area contributed by atoms with Crippen LogP contribution in [0.3, 0.4) is 0 Å². The molecule has 3 nitrogen and oxygen atoms in total. The normalized spacial score (nSPS) is 28.7. The van der Waals surface area contributed by atoms with Crippen molar-refractivity contribution in [2.45, 2.75) is 55.7 Å². The second-order valence-electron chi connectivity index (χ2n) is 5.64. The standard InChI is InChI=1S/C15H23N3S/c16-18-15(13-8-1-2-10-19-13)12-7-3-5-11-6-4-9-17-14(11)12/h4,6,9,12-13,15,18H,1-3,5,7-8,10,16H2. The Morgan fingerprint density at radius 1 is 1.32 bits per heavy atom. The lowest BCUT2D eigenvalue weighted by Gasteiger charge is -2.37. The molecule has 3 unspecified atom stereocenters. The fourth-order valence-corrected chi connectivity index (χ4v) is 5.01. The molecule has 1 saturated heterocycles. The summed E-state index contributed by atoms with van der Waals surface area (Å²) in [5, 5.41) is 0.650. The molecule has 3 rings (SSSR count). The first-order valence-electron chi connectivity index (χ1n) is 7.41. The SMILES string of the molecule is NNC(C1CCCCS1)C1CCCc2cccnc21. The van der Waals surface area contributed by atoms with Crippen LogP contribution in [0.4, 0.5) is 0 Å². The summed E-state index contributed by atoms with van der Waals surface area (Å²) in [6, 6.07) is 4.66. The number of aryl methyl sites for hydroxylation is 1. The third-order valence-electron chi connectivity index (χ3n) is 4.48. The van der Waals surface area contributed by atoms with Crippen LogP contribution in [0.5, 0.6) is 0 Å². The minimum absolute atomic E-state index is 0.374. The first-order valence-corrected chi connectivity index (χ1v) is 8.46. The van der Waals surface area contributed by atoms with E-state index in [4.69, 9.17) is 5.84 Å². The number of nitrogens with two attached hydrogens (primary N) is 1. The predicted molar refractivity (Wildman–Crippen MR) is 81.1 cm³/mol. The molecule has 0 amide bonds. The van der Waals surface area contributed by atoms with Gasteiger partial charge in [0.1, 0.15) is 0 Å². The van der Waals surface area contributed by atoms with E-state index in [1.807, 2.05) is 6.20 Å². The van der Waals surface area contributed by atoms with Crippen LogP contribution in [-0.2, 0) is 6.42 Å². The van der Waals surface area contributed by atoms with E-state index in [1.54, 1.807) is 0 Å². The van der Waals surface area contributed by atoms with Gasteiger partial charge in [-0.1, -0.05) is 12.5 Å². The lowest BCUT2D eigenvalue weighted by molar-refractivity contribution is 0.366. The second-order valence-corrected chi connectivity index (χ2v) is 6.99. The number of hydrogen-bond acceptors (Lipinski definition) is 4. The summed E-state index contributed by atoms with van der Waals surface area (Å²) in [4.78, 5) is 4.66. The highest BCUT2D eigenvalue weighted by atomic mass is 32.2. The molecular formula is C15H23N3S. The Kier molecular flexibility index (Phi) is 4.41. The average Bonchev–Trinajstić information content (AvgIpc) is 2.49. The fraction of sp³-hybridized carbons (Fsp3) is 0.667. The monoisotopic (exact) mass is 277 g/mol. The van der Waals surface area contributed by atoms with Gasteiger partial charge in [0.2, 0.25) is 0 Å². The highest BCUT2D eigenvalue weighted by molar-refractivity contribution is 8.00. The van der Waals surface area contributed by atoms with Crippen molar-refractivity contribution in [2.24, 2.45) is 5.84 Å². The summed E-state index contributed by atoms with van der Waals surface area (Å²) in [6.45, 7) is 0. The molecule has 19 heavy (non-hydrogen) atoms. The lowest BCUT2D eigenvalue weighted by Crippen LogP contribution is -2.48. The minimum atomic E-state index is 0.374. The summed E-state index contributed by atoms with van der Waals surface area (Å²) in [5.41, 5.74) is 5.85. The van der Waals surface area contributed by atoms with Gasteiger partial charge in [-0.25, -0.2) is 0 Å². The molecule has 104 valence electrons. The third kappa shape index (κ3) is 2.81. The maximum absolute atomic E-state index is 5.90. The smallest absolute Gasteiger partial charge is 0.0482 e. The summed E-state index contributed by atoms with van der Waals surface area (Å²) < 4.78 is 0. The van der Waals surface area contributed by atoms with E-state index in [-0.39, 0.29) is 0 Å². The molecule has 0 spiro atoms. The summed E-state index contributed by atoms with van der Waals surface area (Å²) in [6.07, 6.45) is 9.58. The first-order chi connectivity index (χ1) is 9.40. The zero-order valence-electron chi connectivity index (χ0n) is 11.3. The number of thioether (sulfide) groups is 1. The maximum atomic E-state index is 5.90. The highest BCUT2D eigenvalue weighted by Crippen LogP contribution is 2.38. The molecule has 1 aromatic rings. The van der Waals surface area contributed by atoms with E-state index in [9.17, 15) is 0 Å². The second kappa shape index (κ2) is 6.25. The Labute approximate surface area is 119 Å². The Bertz CT molecular complexity index is 418. The number of pyridine rings is 1. The van der Waals surface area contributed by atoms with Gasteiger partial charge in [-0.3, -0.25) is 16.3 Å². The Balaban J connectivity index is 1.83. The van der Waals surface area contributed by atoms with Crippen LogP contribution < -0.4 is 11.3 Å². The van der Waals surface area contributed by atoms with Crippen molar-refractivity contribution >= 4 is 11.8 Å². The Morgan fingerprint density at radius 2 is 2.26 bits per heavy atom. The van der Waals surface area contributed by atoms with Crippen LogP contribution in [0.2, 0.25) is 0 Å². The van der Waals surface area contributed by atoms with Gasteiger partial charge < -0.3 is 0 Å². The molecular weight excluding hydrogens is 254 g/mol. The molecule has 2 aliphatic rings. The summed E-state index contributed by atoms with van der Waals surface area (Å²) in [7, 11) is 0. The van der Waals surface area contributed by atoms with Gasteiger partial charge in [-0.2, -0.15) is 11.8 Å². The van der Waals surface area contributed by atoms with Gasteiger partial charge in [-0.05, 0) is 49.5 Å². The molecule has 0 saturated carbocycles. The summed E-state index contributed by atoms with van der Waals surface area (Å²) >= 11 is 2.09. The Hall–Kier alpha value is -0.580. The van der Waals surface area contributed by atoms with E-state index in [0.717, 1.165) is 0 Å². The van der Waals surface area contributed by atoms with Gasteiger partial charge in [-0.15, -0.1) is 0 Å². The molecule has 0 aromatic carbocycles. The molecule has 1 fully saturated rings. The third-order valence-corrected chi connectivity index (χ3v) is 5.96. The minimum Gasteiger partial charge on any atom is -0.271 e. The van der Waals surface area contributed by atoms with E-state index in [1.165, 1.54) is 55.5 Å². The summed E-state index contributed by atoms with van der Waals surface area (Å²) in [5.74, 6) is 7.67. The maximum Gasteiger partial charge on any atom is 0.0482 e. The fourth-order valence-electron chi connectivity index (χ4n) is 3.53. The lowest BCUT2D eigenvalue weighted by atomic mass is 9.80. The van der Waals surface area contributed by atoms with E-state index >= 15 is 0 Å². The van der Waals surface area contributed by atoms with Crippen LogP contribution in [-0.4, -0.2) is 22.0 Å². The number of hydrogen-bond donors (Lipinski definition) is 2. The van der Waals surface area contributed by atoms with Crippen molar-refractivity contribution in [1.29, 1.82) is 0 Å². The van der Waals surface area contributed by atoms with E-state index in [0.29, 0.717) is 17.2 Å². The number of rotatable bonds is 3. The molecule has 1 aliphatic heterocycles. The number of nitrogens with zero attached hydrogens (tertiary/aromatic N) is 1. The quantitative estimate of drug-likeness (QED) is 0.659. The van der Waals surface area contributed by atoms with Crippen molar-refractivity contribution in [3.05, 3.63) is 29.6 Å². The molecule has 2 heterocycles. The van der Waals surface area contributed by atoms with Gasteiger partial charge in [0.25, 0.3) is 0 Å². The first kappa shape index (κ1) is 13.4. The molecule has 0 radical (unpaired) electrons. The van der Waals surface area contributed by atoms with Crippen molar-refractivity contribution in [3.63, 3.8) is 0 Å². The van der Waals surface area contributed by atoms with Crippen LogP contribution in [0, 0.1) is 0 Å². The number of hydrazine groups is 1. The molecule has 4 heteroatoms. The number of fused-ring (bicyclic) bond motifs is 1. The molecule has 3 atom stereocenters. The van der Waals surface area contributed by atoms with Crippen molar-refractivity contribution < 1.29 is 0 Å². The Morgan fingerprint density at radius 3 is 3.05 bits per heavy atom.